The molecular formula is C12H18O2. The monoisotopic (exact) mass is 194 g/mol. The third kappa shape index (κ3) is 2.82. The van der Waals surface area contributed by atoms with E-state index >= 15 is 0 Å². The minimum absolute atomic E-state index is 0.529. The predicted molar refractivity (Wildman–Crippen MR) is 57.2 cm³/mol. The number of rotatable bonds is 4. The highest BCUT2D eigenvalue weighted by Gasteiger charge is 2.14. The quantitative estimate of drug-likeness (QED) is 0.765. The van der Waals surface area contributed by atoms with Gasteiger partial charge in [0.2, 0.25) is 0 Å². The molecule has 0 bridgehead atoms. The van der Waals surface area contributed by atoms with Crippen molar-refractivity contribution in [1.29, 1.82) is 0 Å². The Labute approximate surface area is 85.2 Å². The molecular weight excluding hydrogens is 176 g/mol. The lowest BCUT2D eigenvalue weighted by molar-refractivity contribution is 0.0181. The molecule has 0 amide bonds. The van der Waals surface area contributed by atoms with E-state index in [9.17, 15) is 10.2 Å². The molecule has 14 heavy (non-hydrogen) atoms. The molecule has 0 heterocycles. The maximum atomic E-state index is 9.65. The first-order valence-corrected chi connectivity index (χ1v) is 5.05. The van der Waals surface area contributed by atoms with E-state index in [4.69, 9.17) is 0 Å². The van der Waals surface area contributed by atoms with Crippen LogP contribution in [-0.4, -0.2) is 22.4 Å². The second kappa shape index (κ2) is 5.13. The molecule has 0 spiro atoms. The summed E-state index contributed by atoms with van der Waals surface area (Å²) in [5, 5.41) is 19.1. The van der Waals surface area contributed by atoms with Crippen LogP contribution in [0.3, 0.4) is 0 Å². The van der Waals surface area contributed by atoms with E-state index in [2.05, 4.69) is 0 Å². The number of aliphatic hydroxyl groups is 2. The van der Waals surface area contributed by atoms with Gasteiger partial charge in [0.25, 0.3) is 0 Å². The summed E-state index contributed by atoms with van der Waals surface area (Å²) in [6.45, 7) is 3.88. The molecule has 0 saturated carbocycles. The van der Waals surface area contributed by atoms with Crippen LogP contribution < -0.4 is 0 Å². The van der Waals surface area contributed by atoms with Crippen molar-refractivity contribution in [2.75, 3.05) is 0 Å². The number of aliphatic hydroxyl groups excluding tert-OH is 2. The molecule has 0 aliphatic carbocycles. The lowest BCUT2D eigenvalue weighted by atomic mass is 9.99. The van der Waals surface area contributed by atoms with Gasteiger partial charge in [-0.05, 0) is 24.5 Å². The predicted octanol–water partition coefficient (Wildman–Crippen LogP) is 1.67. The summed E-state index contributed by atoms with van der Waals surface area (Å²) < 4.78 is 0. The van der Waals surface area contributed by atoms with Gasteiger partial charge in [0, 0.05) is 6.42 Å². The van der Waals surface area contributed by atoms with Crippen LogP contribution in [0.15, 0.2) is 24.3 Å². The first-order valence-electron chi connectivity index (χ1n) is 5.05. The maximum absolute atomic E-state index is 9.65. The molecule has 1 aromatic rings. The summed E-state index contributed by atoms with van der Waals surface area (Å²) in [7, 11) is 0. The van der Waals surface area contributed by atoms with Gasteiger partial charge in [0.15, 0.2) is 0 Å². The molecule has 0 saturated heterocycles. The molecule has 0 aliphatic rings. The molecule has 2 N–H and O–H groups in total. The van der Waals surface area contributed by atoms with Crippen molar-refractivity contribution in [3.05, 3.63) is 35.4 Å². The highest BCUT2D eigenvalue weighted by Crippen LogP contribution is 2.12. The summed E-state index contributed by atoms with van der Waals surface area (Å²) in [6, 6.07) is 7.93. The Balaban J connectivity index is 2.64. The SMILES string of the molecule is CCC(O)C(O)Cc1ccccc1C. The zero-order valence-corrected chi connectivity index (χ0v) is 8.77. The maximum Gasteiger partial charge on any atom is 0.0839 e. The summed E-state index contributed by atoms with van der Waals surface area (Å²) in [5.41, 5.74) is 2.27. The van der Waals surface area contributed by atoms with Gasteiger partial charge >= 0.3 is 0 Å². The number of hydrogen-bond acceptors (Lipinski definition) is 2. The van der Waals surface area contributed by atoms with Crippen LogP contribution >= 0.6 is 0 Å². The van der Waals surface area contributed by atoms with E-state index in [-0.39, 0.29) is 0 Å². The highest BCUT2D eigenvalue weighted by molar-refractivity contribution is 5.26. The Morgan fingerprint density at radius 3 is 2.36 bits per heavy atom. The minimum atomic E-state index is -0.652. The minimum Gasteiger partial charge on any atom is -0.390 e. The molecule has 0 aliphatic heterocycles. The second-order valence-electron chi connectivity index (χ2n) is 3.67. The van der Waals surface area contributed by atoms with Gasteiger partial charge < -0.3 is 10.2 Å². The van der Waals surface area contributed by atoms with E-state index < -0.39 is 12.2 Å². The van der Waals surface area contributed by atoms with Crippen molar-refractivity contribution in [2.45, 2.75) is 38.9 Å². The standard InChI is InChI=1S/C12H18O2/c1-3-11(13)12(14)8-10-7-5-4-6-9(10)2/h4-7,11-14H,3,8H2,1-2H3. The van der Waals surface area contributed by atoms with E-state index in [1.807, 2.05) is 38.1 Å². The van der Waals surface area contributed by atoms with Crippen LogP contribution in [0.2, 0.25) is 0 Å². The second-order valence-corrected chi connectivity index (χ2v) is 3.67. The summed E-state index contributed by atoms with van der Waals surface area (Å²) >= 11 is 0. The van der Waals surface area contributed by atoms with E-state index in [1.54, 1.807) is 0 Å². The normalized spacial score (nSPS) is 15.1. The van der Waals surface area contributed by atoms with Gasteiger partial charge in [0.05, 0.1) is 12.2 Å². The Kier molecular flexibility index (Phi) is 4.11. The van der Waals surface area contributed by atoms with Crippen LogP contribution in [0.5, 0.6) is 0 Å². The third-order valence-electron chi connectivity index (χ3n) is 2.55. The molecule has 0 fully saturated rings. The summed E-state index contributed by atoms with van der Waals surface area (Å²) in [6.07, 6.45) is -0.148. The molecule has 2 nitrogen and oxygen atoms in total. The van der Waals surface area contributed by atoms with Crippen LogP contribution in [0, 0.1) is 6.92 Å². The van der Waals surface area contributed by atoms with Crippen molar-refractivity contribution >= 4 is 0 Å². The smallest absolute Gasteiger partial charge is 0.0839 e. The van der Waals surface area contributed by atoms with E-state index in [0.29, 0.717) is 12.8 Å². The Bertz CT molecular complexity index is 283. The fraction of sp³-hybridized carbons (Fsp3) is 0.500. The first kappa shape index (κ1) is 11.2. The molecule has 1 rings (SSSR count). The molecule has 2 heteroatoms. The summed E-state index contributed by atoms with van der Waals surface area (Å²) in [5.74, 6) is 0. The number of aryl methyl sites for hydroxylation is 1. The average molecular weight is 194 g/mol. The van der Waals surface area contributed by atoms with Crippen molar-refractivity contribution in [2.24, 2.45) is 0 Å². The van der Waals surface area contributed by atoms with Gasteiger partial charge in [-0.3, -0.25) is 0 Å². The van der Waals surface area contributed by atoms with Gasteiger partial charge in [0.1, 0.15) is 0 Å². The van der Waals surface area contributed by atoms with E-state index in [0.717, 1.165) is 11.1 Å². The number of hydrogen-bond donors (Lipinski definition) is 2. The molecule has 2 atom stereocenters. The van der Waals surface area contributed by atoms with Crippen molar-refractivity contribution in [3.63, 3.8) is 0 Å². The number of benzene rings is 1. The fourth-order valence-corrected chi connectivity index (χ4v) is 1.47. The molecule has 2 unspecified atom stereocenters. The Morgan fingerprint density at radius 1 is 1.14 bits per heavy atom. The van der Waals surface area contributed by atoms with Gasteiger partial charge in [-0.1, -0.05) is 31.2 Å². The zero-order chi connectivity index (χ0) is 10.6. The van der Waals surface area contributed by atoms with Gasteiger partial charge in [-0.25, -0.2) is 0 Å². The zero-order valence-electron chi connectivity index (χ0n) is 8.77. The Hall–Kier alpha value is -0.860. The molecule has 1 aromatic carbocycles. The van der Waals surface area contributed by atoms with Crippen LogP contribution in [0.25, 0.3) is 0 Å². The van der Waals surface area contributed by atoms with Crippen molar-refractivity contribution < 1.29 is 10.2 Å². The Morgan fingerprint density at radius 2 is 1.79 bits per heavy atom. The van der Waals surface area contributed by atoms with Crippen LogP contribution in [-0.2, 0) is 6.42 Å². The lowest BCUT2D eigenvalue weighted by Gasteiger charge is -2.17. The van der Waals surface area contributed by atoms with Gasteiger partial charge in [-0.2, -0.15) is 0 Å². The fourth-order valence-electron chi connectivity index (χ4n) is 1.47. The van der Waals surface area contributed by atoms with Gasteiger partial charge in [-0.15, -0.1) is 0 Å². The molecule has 0 aromatic heterocycles. The third-order valence-corrected chi connectivity index (χ3v) is 2.55. The highest BCUT2D eigenvalue weighted by atomic mass is 16.3. The van der Waals surface area contributed by atoms with Crippen molar-refractivity contribution in [3.8, 4) is 0 Å². The van der Waals surface area contributed by atoms with Crippen molar-refractivity contribution in [1.82, 2.24) is 0 Å². The van der Waals surface area contributed by atoms with E-state index in [1.165, 1.54) is 0 Å². The van der Waals surface area contributed by atoms with Crippen LogP contribution in [0.1, 0.15) is 24.5 Å². The molecule has 0 radical (unpaired) electrons. The van der Waals surface area contributed by atoms with Crippen LogP contribution in [0.4, 0.5) is 0 Å². The summed E-state index contributed by atoms with van der Waals surface area (Å²) in [4.78, 5) is 0. The average Bonchev–Trinajstić information content (AvgIpc) is 2.20. The first-order chi connectivity index (χ1) is 6.65. The topological polar surface area (TPSA) is 40.5 Å². The molecule has 78 valence electrons. The largest absolute Gasteiger partial charge is 0.390 e. The lowest BCUT2D eigenvalue weighted by Crippen LogP contribution is -2.27.